The lowest BCUT2D eigenvalue weighted by molar-refractivity contribution is 0.0973. The minimum Gasteiger partial charge on any atom is -0.384 e. The first-order valence-electron chi connectivity index (χ1n) is 14.6. The summed E-state index contributed by atoms with van der Waals surface area (Å²) in [7, 11) is -0.315. The molecule has 12 heteroatoms. The molecule has 3 aromatic rings. The van der Waals surface area contributed by atoms with Crippen LogP contribution in [0.4, 0.5) is 5.69 Å². The van der Waals surface area contributed by atoms with Crippen LogP contribution in [0.2, 0.25) is 0 Å². The molecule has 0 spiro atoms. The number of carbonyl (C=O) groups excluding carboxylic acids is 1. The maximum Gasteiger partial charge on any atom is 0.304 e. The van der Waals surface area contributed by atoms with E-state index in [1.165, 1.54) is 10.7 Å². The van der Waals surface area contributed by atoms with Gasteiger partial charge in [0.15, 0.2) is 5.65 Å². The van der Waals surface area contributed by atoms with Gasteiger partial charge in [0.05, 0.1) is 22.5 Å². The fourth-order valence-electron chi connectivity index (χ4n) is 6.04. The second-order valence-corrected chi connectivity index (χ2v) is 13.2. The number of hydrogen-bond donors (Lipinski definition) is 1. The smallest absolute Gasteiger partial charge is 0.304 e. The molecule has 220 valence electrons. The maximum absolute atomic E-state index is 13.6. The quantitative estimate of drug-likeness (QED) is 0.432. The lowest BCUT2D eigenvalue weighted by Crippen LogP contribution is -2.52. The number of carbonyl (C=O) groups is 1. The van der Waals surface area contributed by atoms with E-state index in [9.17, 15) is 13.2 Å². The Labute approximate surface area is 241 Å². The SMILES string of the molecule is COCC1CCN(c2cc(C(=O)NS(=O)(=O)N3CCN(C)CC3)nc3c2c(C2CCC2)nn3-c2ccccc2)CC1. The summed E-state index contributed by atoms with van der Waals surface area (Å²) in [4.78, 5) is 22.8. The van der Waals surface area contributed by atoms with E-state index in [2.05, 4.69) is 14.5 Å². The van der Waals surface area contributed by atoms with E-state index < -0.39 is 16.1 Å². The number of piperidine rings is 1. The van der Waals surface area contributed by atoms with Crippen LogP contribution in [-0.4, -0.2) is 98.3 Å². The number of nitrogens with one attached hydrogen (secondary N) is 1. The number of methoxy groups -OCH3 is 1. The van der Waals surface area contributed by atoms with E-state index in [0.717, 1.165) is 67.8 Å². The number of amides is 1. The first kappa shape index (κ1) is 28.1. The Morgan fingerprint density at radius 3 is 2.37 bits per heavy atom. The Morgan fingerprint density at radius 2 is 1.73 bits per heavy atom. The number of anilines is 1. The largest absolute Gasteiger partial charge is 0.384 e. The Morgan fingerprint density at radius 1 is 1.02 bits per heavy atom. The van der Waals surface area contributed by atoms with Gasteiger partial charge < -0.3 is 14.5 Å². The number of ether oxygens (including phenoxy) is 1. The lowest BCUT2D eigenvalue weighted by Gasteiger charge is -2.34. The minimum absolute atomic E-state index is 0.0708. The molecule has 11 nitrogen and oxygen atoms in total. The van der Waals surface area contributed by atoms with Crippen LogP contribution in [-0.2, 0) is 14.9 Å². The highest BCUT2D eigenvalue weighted by molar-refractivity contribution is 7.87. The van der Waals surface area contributed by atoms with Crippen LogP contribution in [0, 0.1) is 5.92 Å². The highest BCUT2D eigenvalue weighted by atomic mass is 32.2. The van der Waals surface area contributed by atoms with Crippen LogP contribution in [0.1, 0.15) is 54.2 Å². The summed E-state index contributed by atoms with van der Waals surface area (Å²) in [6.07, 6.45) is 5.26. The standard InChI is InChI=1S/C29H39N7O4S/c1-33-15-17-35(18-16-33)41(38,39)32-29(37)24-19-25(34-13-11-21(12-14-34)20-40-2)26-27(22-7-6-8-22)31-36(28(26)30-24)23-9-4-3-5-10-23/h3-5,9-10,19,21-22H,6-8,11-18,20H2,1-2H3,(H,32,37). The van der Waals surface area contributed by atoms with Gasteiger partial charge in [-0.1, -0.05) is 24.6 Å². The Kier molecular flexibility index (Phi) is 7.99. The van der Waals surface area contributed by atoms with Gasteiger partial charge in [0.25, 0.3) is 5.91 Å². The van der Waals surface area contributed by atoms with Crippen molar-refractivity contribution < 1.29 is 17.9 Å². The molecule has 3 aliphatic rings. The molecule has 6 rings (SSSR count). The van der Waals surface area contributed by atoms with Crippen molar-refractivity contribution in [2.45, 2.75) is 38.0 Å². The van der Waals surface area contributed by atoms with E-state index in [0.29, 0.717) is 43.7 Å². The van der Waals surface area contributed by atoms with E-state index in [1.807, 2.05) is 42.1 Å². The molecule has 0 radical (unpaired) electrons. The molecule has 2 saturated heterocycles. The van der Waals surface area contributed by atoms with Crippen LogP contribution in [0.15, 0.2) is 36.4 Å². The molecular weight excluding hydrogens is 542 g/mol. The summed E-state index contributed by atoms with van der Waals surface area (Å²) in [5.41, 5.74) is 3.41. The molecule has 2 aromatic heterocycles. The number of nitrogens with zero attached hydrogens (tertiary/aromatic N) is 6. The van der Waals surface area contributed by atoms with E-state index in [-0.39, 0.29) is 5.69 Å². The van der Waals surface area contributed by atoms with Gasteiger partial charge in [0.1, 0.15) is 5.69 Å². The Bertz CT molecular complexity index is 1490. The molecule has 41 heavy (non-hydrogen) atoms. The number of para-hydroxylation sites is 1. The molecule has 4 heterocycles. The van der Waals surface area contributed by atoms with Gasteiger partial charge in [0.2, 0.25) is 0 Å². The predicted octanol–water partition coefficient (Wildman–Crippen LogP) is 2.77. The molecule has 0 atom stereocenters. The number of pyridine rings is 1. The van der Waals surface area contributed by atoms with E-state index in [1.54, 1.807) is 13.2 Å². The van der Waals surface area contributed by atoms with Crippen LogP contribution < -0.4 is 9.62 Å². The van der Waals surface area contributed by atoms with E-state index in [4.69, 9.17) is 14.8 Å². The summed E-state index contributed by atoms with van der Waals surface area (Å²) in [5, 5.41) is 6.04. The third-order valence-electron chi connectivity index (χ3n) is 8.75. The fourth-order valence-corrected chi connectivity index (χ4v) is 7.16. The van der Waals surface area contributed by atoms with Gasteiger partial charge in [-0.05, 0) is 56.8 Å². The summed E-state index contributed by atoms with van der Waals surface area (Å²) in [6.45, 7) is 4.25. The van der Waals surface area contributed by atoms with Crippen molar-refractivity contribution in [3.8, 4) is 5.69 Å². The molecular formula is C29H39N7O4S. The number of hydrogen-bond acceptors (Lipinski definition) is 8. The van der Waals surface area contributed by atoms with Gasteiger partial charge in [-0.25, -0.2) is 14.4 Å². The first-order valence-corrected chi connectivity index (χ1v) is 16.0. The summed E-state index contributed by atoms with van der Waals surface area (Å²) in [5.74, 6) is 0.0990. The molecule has 3 fully saturated rings. The van der Waals surface area contributed by atoms with E-state index >= 15 is 0 Å². The summed E-state index contributed by atoms with van der Waals surface area (Å²) in [6, 6.07) is 11.6. The second kappa shape index (κ2) is 11.7. The Balaban J connectivity index is 1.43. The molecule has 0 unspecified atom stereocenters. The minimum atomic E-state index is -4.01. The third kappa shape index (κ3) is 5.70. The normalized spacial score (nSPS) is 19.9. The average Bonchev–Trinajstić information content (AvgIpc) is 3.32. The topological polar surface area (TPSA) is 113 Å². The maximum atomic E-state index is 13.6. The number of piperazine rings is 1. The van der Waals surface area contributed by atoms with Gasteiger partial charge >= 0.3 is 10.2 Å². The molecule has 2 aliphatic heterocycles. The van der Waals surface area contributed by atoms with Crippen molar-refractivity contribution in [2.24, 2.45) is 5.92 Å². The molecule has 1 aromatic carbocycles. The zero-order chi connectivity index (χ0) is 28.6. The summed E-state index contributed by atoms with van der Waals surface area (Å²) < 4.78 is 37.2. The van der Waals surface area contributed by atoms with Crippen molar-refractivity contribution in [3.05, 3.63) is 47.8 Å². The number of fused-ring (bicyclic) bond motifs is 1. The third-order valence-corrected chi connectivity index (χ3v) is 10.2. The molecule has 0 bridgehead atoms. The fraction of sp³-hybridized carbons (Fsp3) is 0.552. The zero-order valence-electron chi connectivity index (χ0n) is 23.8. The van der Waals surface area contributed by atoms with Gasteiger partial charge in [-0.3, -0.25) is 4.79 Å². The van der Waals surface area contributed by atoms with Crippen molar-refractivity contribution >= 4 is 32.8 Å². The number of benzene rings is 1. The molecule has 1 aliphatic carbocycles. The van der Waals surface area contributed by atoms with Gasteiger partial charge in [0, 0.05) is 58.9 Å². The lowest BCUT2D eigenvalue weighted by atomic mass is 9.82. The molecule has 1 amide bonds. The van der Waals surface area contributed by atoms with Gasteiger partial charge in [-0.15, -0.1) is 0 Å². The second-order valence-electron chi connectivity index (χ2n) is 11.5. The predicted molar refractivity (Wildman–Crippen MR) is 158 cm³/mol. The van der Waals surface area contributed by atoms with Crippen molar-refractivity contribution in [3.63, 3.8) is 0 Å². The highest BCUT2D eigenvalue weighted by Crippen LogP contribution is 2.43. The zero-order valence-corrected chi connectivity index (χ0v) is 24.6. The van der Waals surface area contributed by atoms with Gasteiger partial charge in [-0.2, -0.15) is 17.8 Å². The van der Waals surface area contributed by atoms with Crippen LogP contribution >= 0.6 is 0 Å². The number of aromatic nitrogens is 3. The Hall–Kier alpha value is -3.06. The first-order chi connectivity index (χ1) is 19.8. The highest BCUT2D eigenvalue weighted by Gasteiger charge is 2.33. The van der Waals surface area contributed by atoms with Crippen molar-refractivity contribution in [1.29, 1.82) is 0 Å². The molecule has 1 N–H and O–H groups in total. The average molecular weight is 582 g/mol. The number of rotatable bonds is 8. The monoisotopic (exact) mass is 581 g/mol. The molecule has 1 saturated carbocycles. The van der Waals surface area contributed by atoms with Crippen molar-refractivity contribution in [1.82, 2.24) is 28.7 Å². The van der Waals surface area contributed by atoms with Crippen LogP contribution in [0.3, 0.4) is 0 Å². The summed E-state index contributed by atoms with van der Waals surface area (Å²) >= 11 is 0. The van der Waals surface area contributed by atoms with Crippen LogP contribution in [0.5, 0.6) is 0 Å². The van der Waals surface area contributed by atoms with Crippen molar-refractivity contribution in [2.75, 3.05) is 64.9 Å². The van der Waals surface area contributed by atoms with Crippen LogP contribution in [0.25, 0.3) is 16.7 Å². The number of likely N-dealkylation sites (N-methyl/N-ethyl adjacent to an activating group) is 1.